The van der Waals surface area contributed by atoms with Gasteiger partial charge < -0.3 is 10.2 Å². The van der Waals surface area contributed by atoms with Gasteiger partial charge in [-0.25, -0.2) is 9.97 Å². The largest absolute Gasteiger partial charge is 0.357 e. The summed E-state index contributed by atoms with van der Waals surface area (Å²) in [6, 6.07) is 12.9. The van der Waals surface area contributed by atoms with Crippen LogP contribution in [-0.4, -0.2) is 50.8 Å². The maximum Gasteiger partial charge on any atom is 0.130 e. The fourth-order valence-corrected chi connectivity index (χ4v) is 5.84. The number of hydrogen-bond donors (Lipinski definition) is 1. The summed E-state index contributed by atoms with van der Waals surface area (Å²) < 4.78 is 2.03. The SMILES string of the molecule is C=C(Nc1cc2cc(-c3cnn(C)c3CN3CCCCC3)ccc2cn1)c1ccnc(N2CCC(C)CC2)c1. The highest BCUT2D eigenvalue weighted by Gasteiger charge is 2.19. The summed E-state index contributed by atoms with van der Waals surface area (Å²) in [6.07, 6.45) is 12.2. The molecule has 3 aromatic heterocycles. The lowest BCUT2D eigenvalue weighted by Gasteiger charge is -2.31. The summed E-state index contributed by atoms with van der Waals surface area (Å²) in [5, 5.41) is 10.3. The Morgan fingerprint density at radius 2 is 1.77 bits per heavy atom. The van der Waals surface area contributed by atoms with E-state index in [0.717, 1.165) is 59.2 Å². The summed E-state index contributed by atoms with van der Waals surface area (Å²) in [6.45, 7) is 12.0. The number of likely N-dealkylation sites (tertiary alicyclic amines) is 1. The van der Waals surface area contributed by atoms with Gasteiger partial charge in [0.25, 0.3) is 0 Å². The number of fused-ring (bicyclic) bond motifs is 1. The van der Waals surface area contributed by atoms with Crippen LogP contribution >= 0.6 is 0 Å². The number of nitrogens with zero attached hydrogens (tertiary/aromatic N) is 6. The van der Waals surface area contributed by atoms with Gasteiger partial charge in [0.15, 0.2) is 0 Å². The number of anilines is 2. The molecule has 5 heterocycles. The predicted octanol–water partition coefficient (Wildman–Crippen LogP) is 6.34. The van der Waals surface area contributed by atoms with Crippen LogP contribution in [0.3, 0.4) is 0 Å². The number of pyridine rings is 2. The second-order valence-electron chi connectivity index (χ2n) is 11.3. The van der Waals surface area contributed by atoms with E-state index in [9.17, 15) is 0 Å². The van der Waals surface area contributed by atoms with Gasteiger partial charge in [-0.05, 0) is 79.9 Å². The lowest BCUT2D eigenvalue weighted by Crippen LogP contribution is -2.33. The van der Waals surface area contributed by atoms with Gasteiger partial charge in [-0.15, -0.1) is 0 Å². The average Bonchev–Trinajstić information content (AvgIpc) is 3.33. The molecule has 2 aliphatic rings. The maximum absolute atomic E-state index is 4.67. The van der Waals surface area contributed by atoms with Crippen LogP contribution in [0.1, 0.15) is 50.3 Å². The second kappa shape index (κ2) is 11.2. The van der Waals surface area contributed by atoms with Crippen molar-refractivity contribution in [1.29, 1.82) is 0 Å². The Morgan fingerprint density at radius 3 is 2.59 bits per heavy atom. The Balaban J connectivity index is 1.21. The van der Waals surface area contributed by atoms with Crippen molar-refractivity contribution in [3.8, 4) is 11.1 Å². The normalized spacial score (nSPS) is 17.0. The molecule has 6 rings (SSSR count). The van der Waals surface area contributed by atoms with Gasteiger partial charge in [0.2, 0.25) is 0 Å². The van der Waals surface area contributed by atoms with E-state index in [1.807, 2.05) is 29.3 Å². The Labute approximate surface area is 231 Å². The summed E-state index contributed by atoms with van der Waals surface area (Å²) in [5.74, 6) is 2.60. The molecule has 0 bridgehead atoms. The zero-order valence-corrected chi connectivity index (χ0v) is 23.2. The highest BCUT2D eigenvalue weighted by molar-refractivity contribution is 5.90. The second-order valence-corrected chi connectivity index (χ2v) is 11.3. The predicted molar refractivity (Wildman–Crippen MR) is 161 cm³/mol. The van der Waals surface area contributed by atoms with Crippen molar-refractivity contribution < 1.29 is 0 Å². The lowest BCUT2D eigenvalue weighted by atomic mass is 9.99. The van der Waals surface area contributed by atoms with Crippen LogP contribution < -0.4 is 10.2 Å². The summed E-state index contributed by atoms with van der Waals surface area (Å²) in [5.41, 5.74) is 5.52. The first kappa shape index (κ1) is 25.6. The number of aryl methyl sites for hydroxylation is 1. The molecule has 4 aromatic rings. The van der Waals surface area contributed by atoms with Crippen LogP contribution in [0.5, 0.6) is 0 Å². The van der Waals surface area contributed by atoms with Crippen molar-refractivity contribution in [2.45, 2.75) is 45.6 Å². The van der Waals surface area contributed by atoms with Crippen molar-refractivity contribution in [2.75, 3.05) is 36.4 Å². The standard InChI is InChI=1S/C32H39N7/c1-23-10-15-39(16-11-23)32-19-25(9-12-33-32)24(2)36-31-18-28-17-26(7-8-27(28)20-34-31)29-21-35-37(3)30(29)22-38-13-5-4-6-14-38/h7-9,12,17-21,23H,2,4-6,10-11,13-16,22H2,1,3H3,(H,34,36). The number of benzene rings is 1. The zero-order chi connectivity index (χ0) is 26.8. The minimum Gasteiger partial charge on any atom is -0.357 e. The number of aromatic nitrogens is 4. The summed E-state index contributed by atoms with van der Waals surface area (Å²) >= 11 is 0. The van der Waals surface area contributed by atoms with Crippen molar-refractivity contribution in [2.24, 2.45) is 13.0 Å². The molecule has 0 aliphatic carbocycles. The molecule has 39 heavy (non-hydrogen) atoms. The highest BCUT2D eigenvalue weighted by Crippen LogP contribution is 2.30. The van der Waals surface area contributed by atoms with Crippen molar-refractivity contribution >= 4 is 28.1 Å². The molecule has 2 saturated heterocycles. The third-order valence-corrected chi connectivity index (χ3v) is 8.40. The number of nitrogens with one attached hydrogen (secondary N) is 1. The Kier molecular flexibility index (Phi) is 7.33. The lowest BCUT2D eigenvalue weighted by molar-refractivity contribution is 0.216. The van der Waals surface area contributed by atoms with E-state index in [2.05, 4.69) is 81.1 Å². The van der Waals surface area contributed by atoms with Crippen LogP contribution in [-0.2, 0) is 13.6 Å². The van der Waals surface area contributed by atoms with Crippen molar-refractivity contribution in [1.82, 2.24) is 24.6 Å². The molecule has 0 amide bonds. The molecular formula is C32H39N7. The van der Waals surface area contributed by atoms with Crippen LogP contribution in [0.2, 0.25) is 0 Å². The average molecular weight is 522 g/mol. The van der Waals surface area contributed by atoms with Crippen LogP contribution in [0.4, 0.5) is 11.6 Å². The van der Waals surface area contributed by atoms with Crippen LogP contribution in [0.25, 0.3) is 27.6 Å². The molecule has 0 spiro atoms. The van der Waals surface area contributed by atoms with Crippen molar-refractivity contribution in [3.63, 3.8) is 0 Å². The first-order valence-electron chi connectivity index (χ1n) is 14.3. The number of rotatable bonds is 7. The van der Waals surface area contributed by atoms with E-state index in [4.69, 9.17) is 0 Å². The van der Waals surface area contributed by atoms with E-state index in [1.54, 1.807) is 0 Å². The van der Waals surface area contributed by atoms with Gasteiger partial charge in [-0.1, -0.05) is 32.1 Å². The van der Waals surface area contributed by atoms with E-state index >= 15 is 0 Å². The summed E-state index contributed by atoms with van der Waals surface area (Å²) in [4.78, 5) is 14.2. The third kappa shape index (κ3) is 5.69. The van der Waals surface area contributed by atoms with Gasteiger partial charge >= 0.3 is 0 Å². The minimum atomic E-state index is 0.787. The molecule has 2 fully saturated rings. The maximum atomic E-state index is 4.67. The molecule has 2 aliphatic heterocycles. The Morgan fingerprint density at radius 1 is 0.949 bits per heavy atom. The smallest absolute Gasteiger partial charge is 0.130 e. The fraction of sp³-hybridized carbons (Fsp3) is 0.406. The molecular weight excluding hydrogens is 482 g/mol. The minimum absolute atomic E-state index is 0.787. The van der Waals surface area contributed by atoms with E-state index in [0.29, 0.717) is 0 Å². The monoisotopic (exact) mass is 521 g/mol. The molecule has 0 saturated carbocycles. The van der Waals surface area contributed by atoms with Crippen molar-refractivity contribution in [3.05, 3.63) is 72.8 Å². The van der Waals surface area contributed by atoms with Crippen LogP contribution in [0.15, 0.2) is 61.6 Å². The van der Waals surface area contributed by atoms with E-state index in [1.165, 1.54) is 62.0 Å². The molecule has 0 unspecified atom stereocenters. The molecule has 0 radical (unpaired) electrons. The molecule has 1 aromatic carbocycles. The fourth-order valence-electron chi connectivity index (χ4n) is 5.84. The zero-order valence-electron chi connectivity index (χ0n) is 23.2. The van der Waals surface area contributed by atoms with Gasteiger partial charge in [0, 0.05) is 61.3 Å². The number of piperidine rings is 2. The van der Waals surface area contributed by atoms with E-state index in [-0.39, 0.29) is 0 Å². The quantitative estimate of drug-likeness (QED) is 0.306. The van der Waals surface area contributed by atoms with Gasteiger partial charge in [0.1, 0.15) is 11.6 Å². The molecule has 7 nitrogen and oxygen atoms in total. The molecule has 0 atom stereocenters. The molecule has 202 valence electrons. The topological polar surface area (TPSA) is 62.1 Å². The first-order valence-corrected chi connectivity index (χ1v) is 14.3. The van der Waals surface area contributed by atoms with E-state index < -0.39 is 0 Å². The summed E-state index contributed by atoms with van der Waals surface area (Å²) in [7, 11) is 2.05. The highest BCUT2D eigenvalue weighted by atomic mass is 15.3. The van der Waals surface area contributed by atoms with Gasteiger partial charge in [0.05, 0.1) is 11.9 Å². The third-order valence-electron chi connectivity index (χ3n) is 8.40. The van der Waals surface area contributed by atoms with Gasteiger partial charge in [-0.3, -0.25) is 9.58 Å². The molecule has 1 N–H and O–H groups in total. The van der Waals surface area contributed by atoms with Crippen LogP contribution in [0, 0.1) is 5.92 Å². The Bertz CT molecular complexity index is 1460. The number of hydrogen-bond acceptors (Lipinski definition) is 6. The van der Waals surface area contributed by atoms with Gasteiger partial charge in [-0.2, -0.15) is 5.10 Å². The Hall–Kier alpha value is -3.71. The molecule has 7 heteroatoms. The first-order chi connectivity index (χ1) is 19.0.